The predicted molar refractivity (Wildman–Crippen MR) is 55.0 cm³/mol. The molecule has 0 bridgehead atoms. The maximum atomic E-state index is 5.74. The summed E-state index contributed by atoms with van der Waals surface area (Å²) < 4.78 is 0. The molecular weight excluding hydrogens is 184 g/mol. The fraction of sp³-hybridized carbons (Fsp3) is 0.200. The van der Waals surface area contributed by atoms with Crippen LogP contribution in [0.2, 0.25) is 5.02 Å². The van der Waals surface area contributed by atoms with Crippen LogP contribution in [-0.2, 0) is 0 Å². The molecule has 1 rings (SSSR count). The van der Waals surface area contributed by atoms with Crippen LogP contribution in [0.5, 0.6) is 0 Å². The van der Waals surface area contributed by atoms with Gasteiger partial charge in [0.1, 0.15) is 0 Å². The molecule has 0 saturated heterocycles. The molecule has 3 N–H and O–H groups in total. The molecule has 68 valence electrons. The Morgan fingerprint density at radius 3 is 2.54 bits per heavy atom. The van der Waals surface area contributed by atoms with E-state index >= 15 is 0 Å². The number of nitrogens with one attached hydrogen (secondary N) is 1. The van der Waals surface area contributed by atoms with Crippen molar-refractivity contribution in [1.29, 1.82) is 0 Å². The molecule has 0 radical (unpaired) electrons. The Morgan fingerprint density at radius 1 is 1.46 bits per heavy atom. The van der Waals surface area contributed by atoms with E-state index in [1.54, 1.807) is 0 Å². The number of hydrazine groups is 1. The second-order valence-corrected chi connectivity index (χ2v) is 3.12. The number of benzene rings is 1. The van der Waals surface area contributed by atoms with Crippen molar-refractivity contribution in [3.63, 3.8) is 0 Å². The summed E-state index contributed by atoms with van der Waals surface area (Å²) in [7, 11) is 0. The smallest absolute Gasteiger partial charge is 0.0569 e. The standard InChI is InChI=1S/C10H11ClN2/c1-2-3-10(13-12)8-4-6-9(11)7-5-8/h1,4-7,10,13H,3,12H2. The van der Waals surface area contributed by atoms with E-state index in [9.17, 15) is 0 Å². The predicted octanol–water partition coefficient (Wildman–Crippen LogP) is 1.87. The molecule has 2 nitrogen and oxygen atoms in total. The first kappa shape index (κ1) is 10.1. The van der Waals surface area contributed by atoms with Gasteiger partial charge in [0.05, 0.1) is 6.04 Å². The molecule has 0 aromatic heterocycles. The minimum Gasteiger partial charge on any atom is -0.271 e. The Morgan fingerprint density at radius 2 is 2.08 bits per heavy atom. The number of nitrogens with two attached hydrogens (primary N) is 1. The van der Waals surface area contributed by atoms with Crippen molar-refractivity contribution in [2.45, 2.75) is 12.5 Å². The second-order valence-electron chi connectivity index (χ2n) is 2.68. The van der Waals surface area contributed by atoms with E-state index in [0.717, 1.165) is 5.56 Å². The van der Waals surface area contributed by atoms with Crippen molar-refractivity contribution in [1.82, 2.24) is 5.43 Å². The maximum absolute atomic E-state index is 5.74. The third kappa shape index (κ3) is 2.74. The van der Waals surface area contributed by atoms with Gasteiger partial charge in [-0.15, -0.1) is 12.3 Å². The summed E-state index contributed by atoms with van der Waals surface area (Å²) in [6.07, 6.45) is 5.77. The van der Waals surface area contributed by atoms with Crippen molar-refractivity contribution in [3.05, 3.63) is 34.9 Å². The molecule has 13 heavy (non-hydrogen) atoms. The maximum Gasteiger partial charge on any atom is 0.0569 e. The SMILES string of the molecule is C#CCC(NN)c1ccc(Cl)cc1. The summed E-state index contributed by atoms with van der Waals surface area (Å²) in [6, 6.07) is 7.45. The molecule has 0 fully saturated rings. The van der Waals surface area contributed by atoms with Crippen molar-refractivity contribution >= 4 is 11.6 Å². The summed E-state index contributed by atoms with van der Waals surface area (Å²) in [5, 5.41) is 0.709. The van der Waals surface area contributed by atoms with Crippen LogP contribution in [0.25, 0.3) is 0 Å². The molecule has 0 heterocycles. The minimum atomic E-state index is 0.00210. The van der Waals surface area contributed by atoms with E-state index in [0.29, 0.717) is 11.4 Å². The van der Waals surface area contributed by atoms with Crippen LogP contribution in [0.4, 0.5) is 0 Å². The number of hydrogen-bond acceptors (Lipinski definition) is 2. The molecule has 1 unspecified atom stereocenters. The average molecular weight is 195 g/mol. The van der Waals surface area contributed by atoms with Gasteiger partial charge in [-0.1, -0.05) is 23.7 Å². The fourth-order valence-electron chi connectivity index (χ4n) is 1.09. The zero-order valence-corrected chi connectivity index (χ0v) is 7.88. The lowest BCUT2D eigenvalue weighted by Crippen LogP contribution is -2.27. The third-order valence-corrected chi connectivity index (χ3v) is 2.05. The summed E-state index contributed by atoms with van der Waals surface area (Å²) in [4.78, 5) is 0. The largest absolute Gasteiger partial charge is 0.271 e. The Hall–Kier alpha value is -1.01. The molecular formula is C10H11ClN2. The third-order valence-electron chi connectivity index (χ3n) is 1.80. The average Bonchev–Trinajstić information content (AvgIpc) is 2.16. The summed E-state index contributed by atoms with van der Waals surface area (Å²) in [5.41, 5.74) is 3.70. The molecule has 1 aromatic carbocycles. The molecule has 1 atom stereocenters. The lowest BCUT2D eigenvalue weighted by molar-refractivity contribution is 0.568. The lowest BCUT2D eigenvalue weighted by Gasteiger charge is -2.12. The highest BCUT2D eigenvalue weighted by molar-refractivity contribution is 6.30. The van der Waals surface area contributed by atoms with Gasteiger partial charge in [0.15, 0.2) is 0 Å². The normalized spacial score (nSPS) is 12.1. The summed E-state index contributed by atoms with van der Waals surface area (Å²) in [6.45, 7) is 0. The Labute approximate surface area is 83.1 Å². The van der Waals surface area contributed by atoms with Gasteiger partial charge in [0.25, 0.3) is 0 Å². The van der Waals surface area contributed by atoms with Gasteiger partial charge in [-0.25, -0.2) is 0 Å². The number of halogens is 1. The first-order valence-electron chi connectivity index (χ1n) is 3.93. The number of rotatable bonds is 3. The molecule has 0 aliphatic carbocycles. The van der Waals surface area contributed by atoms with Gasteiger partial charge in [-0.3, -0.25) is 11.3 Å². The topological polar surface area (TPSA) is 38.0 Å². The fourth-order valence-corrected chi connectivity index (χ4v) is 1.21. The van der Waals surface area contributed by atoms with Crippen molar-refractivity contribution in [2.75, 3.05) is 0 Å². The molecule has 0 aliphatic heterocycles. The lowest BCUT2D eigenvalue weighted by atomic mass is 10.1. The van der Waals surface area contributed by atoms with Crippen LogP contribution < -0.4 is 11.3 Å². The summed E-state index contributed by atoms with van der Waals surface area (Å²) >= 11 is 5.74. The van der Waals surface area contributed by atoms with E-state index < -0.39 is 0 Å². The molecule has 0 saturated carbocycles. The highest BCUT2D eigenvalue weighted by atomic mass is 35.5. The van der Waals surface area contributed by atoms with Gasteiger partial charge >= 0.3 is 0 Å². The minimum absolute atomic E-state index is 0.00210. The van der Waals surface area contributed by atoms with E-state index in [1.807, 2.05) is 24.3 Å². The zero-order valence-electron chi connectivity index (χ0n) is 7.13. The molecule has 1 aromatic rings. The first-order valence-corrected chi connectivity index (χ1v) is 4.30. The van der Waals surface area contributed by atoms with Crippen LogP contribution >= 0.6 is 11.6 Å². The zero-order chi connectivity index (χ0) is 9.68. The van der Waals surface area contributed by atoms with Crippen LogP contribution in [-0.4, -0.2) is 0 Å². The molecule has 0 aliphatic rings. The monoisotopic (exact) mass is 194 g/mol. The first-order chi connectivity index (χ1) is 6.27. The Bertz CT molecular complexity index is 300. The van der Waals surface area contributed by atoms with Gasteiger partial charge in [-0.05, 0) is 17.7 Å². The highest BCUT2D eigenvalue weighted by Gasteiger charge is 2.06. The van der Waals surface area contributed by atoms with E-state index in [1.165, 1.54) is 0 Å². The quantitative estimate of drug-likeness (QED) is 0.438. The van der Waals surface area contributed by atoms with Gasteiger partial charge in [0, 0.05) is 11.4 Å². The Kier molecular flexibility index (Phi) is 3.78. The number of hydrogen-bond donors (Lipinski definition) is 2. The molecule has 3 heteroatoms. The molecule has 0 spiro atoms. The van der Waals surface area contributed by atoms with Crippen LogP contribution in [0.15, 0.2) is 24.3 Å². The number of terminal acetylenes is 1. The van der Waals surface area contributed by atoms with E-state index in [4.69, 9.17) is 23.9 Å². The van der Waals surface area contributed by atoms with Gasteiger partial charge < -0.3 is 0 Å². The summed E-state index contributed by atoms with van der Waals surface area (Å²) in [5.74, 6) is 7.91. The molecule has 0 amide bonds. The van der Waals surface area contributed by atoms with Crippen molar-refractivity contribution < 1.29 is 0 Å². The highest BCUT2D eigenvalue weighted by Crippen LogP contribution is 2.17. The Balaban J connectivity index is 2.80. The van der Waals surface area contributed by atoms with Crippen molar-refractivity contribution in [2.24, 2.45) is 5.84 Å². The van der Waals surface area contributed by atoms with E-state index in [2.05, 4.69) is 11.3 Å². The van der Waals surface area contributed by atoms with Gasteiger partial charge in [-0.2, -0.15) is 0 Å². The van der Waals surface area contributed by atoms with Crippen LogP contribution in [0, 0.1) is 12.3 Å². The second kappa shape index (κ2) is 4.88. The van der Waals surface area contributed by atoms with Crippen molar-refractivity contribution in [3.8, 4) is 12.3 Å². The van der Waals surface area contributed by atoms with Crippen LogP contribution in [0.3, 0.4) is 0 Å². The van der Waals surface area contributed by atoms with E-state index in [-0.39, 0.29) is 6.04 Å². The van der Waals surface area contributed by atoms with Gasteiger partial charge in [0.2, 0.25) is 0 Å². The van der Waals surface area contributed by atoms with Crippen LogP contribution in [0.1, 0.15) is 18.0 Å².